The molecule has 0 radical (unpaired) electrons. The van der Waals surface area contributed by atoms with Crippen molar-refractivity contribution < 1.29 is 33.6 Å². The van der Waals surface area contributed by atoms with Gasteiger partial charge in [0.15, 0.2) is 17.7 Å². The van der Waals surface area contributed by atoms with Crippen molar-refractivity contribution in [2.24, 2.45) is 5.10 Å². The van der Waals surface area contributed by atoms with E-state index in [1.165, 1.54) is 10.7 Å². The van der Waals surface area contributed by atoms with Gasteiger partial charge in [0.05, 0.1) is 38.7 Å². The highest BCUT2D eigenvalue weighted by atomic mass is 127. The number of carbonyl (C=O) groups is 2. The molecule has 3 aromatic carbocycles. The Labute approximate surface area is 301 Å². The number of hydrogen-bond donors (Lipinski definition) is 4. The normalized spacial score (nSPS) is 15.3. The molecule has 11 nitrogen and oxygen atoms in total. The minimum absolute atomic E-state index is 0.131. The van der Waals surface area contributed by atoms with Gasteiger partial charge in [-0.1, -0.05) is 18.2 Å². The lowest BCUT2D eigenvalue weighted by Crippen LogP contribution is -2.45. The van der Waals surface area contributed by atoms with E-state index in [1.807, 2.05) is 31.2 Å². The van der Waals surface area contributed by atoms with E-state index in [0.29, 0.717) is 36.0 Å². The van der Waals surface area contributed by atoms with E-state index in [2.05, 4.69) is 101 Å². The number of hydrazone groups is 1. The molecule has 1 aliphatic rings. The number of aliphatic hydroxyl groups excluding tert-OH is 1. The Kier molecular flexibility index (Phi) is 13.0. The molecule has 3 aromatic rings. The molecule has 4 rings (SSSR count). The van der Waals surface area contributed by atoms with Gasteiger partial charge in [0, 0.05) is 9.27 Å². The van der Waals surface area contributed by atoms with Gasteiger partial charge in [-0.3, -0.25) is 5.43 Å². The van der Waals surface area contributed by atoms with Gasteiger partial charge < -0.3 is 34.7 Å². The summed E-state index contributed by atoms with van der Waals surface area (Å²) in [6.07, 6.45) is 0.490. The number of urea groups is 1. The van der Waals surface area contributed by atoms with Crippen LogP contribution < -0.4 is 30.3 Å². The molecule has 1 aliphatic heterocycles. The van der Waals surface area contributed by atoms with Crippen LogP contribution in [0, 0.1) is 10.7 Å². The number of amides is 2. The first-order valence-corrected chi connectivity index (χ1v) is 16.9. The van der Waals surface area contributed by atoms with Crippen molar-refractivity contribution >= 4 is 86.0 Å². The van der Waals surface area contributed by atoms with Gasteiger partial charge in [0.2, 0.25) is 0 Å². The Morgan fingerprint density at radius 2 is 1.76 bits per heavy atom. The SMILES string of the molecule is CCOc1cc([C@@H]2NC(=O)NC(C)=C2C(=O)OC)ccc1OC[C@@H](O)N/N=C\c1cc(I)c(OCc2ccc(I)cc2)c(I)c1. The van der Waals surface area contributed by atoms with Crippen LogP contribution in [-0.2, 0) is 16.1 Å². The van der Waals surface area contributed by atoms with Gasteiger partial charge in [-0.15, -0.1) is 0 Å². The number of hydrogen-bond acceptors (Lipinski definition) is 9. The van der Waals surface area contributed by atoms with Gasteiger partial charge in [0.25, 0.3) is 0 Å². The lowest BCUT2D eigenvalue weighted by molar-refractivity contribution is -0.136. The fourth-order valence-electron chi connectivity index (χ4n) is 4.35. The molecular weight excluding hydrogens is 921 g/mol. The highest BCUT2D eigenvalue weighted by Crippen LogP contribution is 2.35. The van der Waals surface area contributed by atoms with E-state index in [9.17, 15) is 14.7 Å². The largest absolute Gasteiger partial charge is 0.490 e. The van der Waals surface area contributed by atoms with Gasteiger partial charge in [0.1, 0.15) is 19.0 Å². The second-order valence-electron chi connectivity index (χ2n) is 9.64. The summed E-state index contributed by atoms with van der Waals surface area (Å²) >= 11 is 6.75. The Hall–Kier alpha value is -2.84. The van der Waals surface area contributed by atoms with E-state index in [0.717, 1.165) is 24.0 Å². The molecule has 0 bridgehead atoms. The quantitative estimate of drug-likeness (QED) is 0.0572. The molecule has 45 heavy (non-hydrogen) atoms. The Morgan fingerprint density at radius 1 is 1.04 bits per heavy atom. The summed E-state index contributed by atoms with van der Waals surface area (Å²) in [5.74, 6) is 0.994. The zero-order valence-corrected chi connectivity index (χ0v) is 31.0. The lowest BCUT2D eigenvalue weighted by Gasteiger charge is -2.28. The van der Waals surface area contributed by atoms with Crippen LogP contribution in [0.3, 0.4) is 0 Å². The second-order valence-corrected chi connectivity index (χ2v) is 13.2. The number of nitrogens with zero attached hydrogens (tertiary/aromatic N) is 1. The maximum Gasteiger partial charge on any atom is 0.337 e. The van der Waals surface area contributed by atoms with Crippen LogP contribution >= 0.6 is 67.8 Å². The summed E-state index contributed by atoms with van der Waals surface area (Å²) in [4.78, 5) is 24.6. The number of methoxy groups -OCH3 is 1. The molecule has 0 saturated heterocycles. The van der Waals surface area contributed by atoms with Crippen molar-refractivity contribution in [3.05, 3.63) is 93.3 Å². The van der Waals surface area contributed by atoms with Crippen LogP contribution in [0.2, 0.25) is 0 Å². The summed E-state index contributed by atoms with van der Waals surface area (Å²) in [7, 11) is 1.28. The molecule has 0 aromatic heterocycles. The predicted molar refractivity (Wildman–Crippen MR) is 194 cm³/mol. The molecule has 238 valence electrons. The molecule has 0 saturated carbocycles. The summed E-state index contributed by atoms with van der Waals surface area (Å²) in [5.41, 5.74) is 5.86. The number of halogens is 3. The zero-order chi connectivity index (χ0) is 32.5. The molecule has 2 amide bonds. The highest BCUT2D eigenvalue weighted by Gasteiger charge is 2.32. The van der Waals surface area contributed by atoms with E-state index >= 15 is 0 Å². The average Bonchev–Trinajstić information content (AvgIpc) is 3.00. The third-order valence-corrected chi connectivity index (χ3v) is 8.75. The van der Waals surface area contributed by atoms with Gasteiger partial charge in [-0.05, 0) is 135 Å². The maximum atomic E-state index is 12.5. The second kappa shape index (κ2) is 16.6. The smallest absolute Gasteiger partial charge is 0.337 e. The molecular formula is C31H31I3N4O7. The number of carbonyl (C=O) groups excluding carboxylic acids is 2. The Balaban J connectivity index is 1.37. The summed E-state index contributed by atoms with van der Waals surface area (Å²) in [6, 6.07) is 15.9. The van der Waals surface area contributed by atoms with Crippen molar-refractivity contribution in [2.45, 2.75) is 32.7 Å². The monoisotopic (exact) mass is 952 g/mol. The Bertz CT molecular complexity index is 1580. The number of aliphatic hydroxyl groups is 1. The highest BCUT2D eigenvalue weighted by molar-refractivity contribution is 14.1. The van der Waals surface area contributed by atoms with Gasteiger partial charge in [-0.25, -0.2) is 9.59 Å². The molecule has 14 heteroatoms. The minimum atomic E-state index is -1.12. The number of rotatable bonds is 13. The van der Waals surface area contributed by atoms with Crippen LogP contribution in [0.4, 0.5) is 4.79 Å². The van der Waals surface area contributed by atoms with E-state index in [4.69, 9.17) is 18.9 Å². The summed E-state index contributed by atoms with van der Waals surface area (Å²) in [5, 5.41) is 20.0. The first kappa shape index (κ1) is 35.0. The lowest BCUT2D eigenvalue weighted by atomic mass is 9.95. The van der Waals surface area contributed by atoms with E-state index < -0.39 is 24.3 Å². The summed E-state index contributed by atoms with van der Waals surface area (Å²) in [6.45, 7) is 4.14. The molecule has 0 aliphatic carbocycles. The summed E-state index contributed by atoms with van der Waals surface area (Å²) < 4.78 is 25.6. The average molecular weight is 952 g/mol. The molecule has 1 heterocycles. The van der Waals surface area contributed by atoms with Crippen LogP contribution in [0.5, 0.6) is 17.2 Å². The van der Waals surface area contributed by atoms with Gasteiger partial charge in [-0.2, -0.15) is 5.10 Å². The van der Waals surface area contributed by atoms with Crippen LogP contribution in [-0.4, -0.2) is 49.9 Å². The number of nitrogens with one attached hydrogen (secondary N) is 3. The number of allylic oxidation sites excluding steroid dienone is 1. The topological polar surface area (TPSA) is 140 Å². The van der Waals surface area contributed by atoms with E-state index in [1.54, 1.807) is 31.3 Å². The fourth-order valence-corrected chi connectivity index (χ4v) is 6.84. The van der Waals surface area contributed by atoms with Crippen LogP contribution in [0.15, 0.2) is 71.0 Å². The maximum absolute atomic E-state index is 12.5. The van der Waals surface area contributed by atoms with Gasteiger partial charge >= 0.3 is 12.0 Å². The van der Waals surface area contributed by atoms with Crippen molar-refractivity contribution in [1.82, 2.24) is 16.1 Å². The Morgan fingerprint density at radius 3 is 2.42 bits per heavy atom. The third-order valence-electron chi connectivity index (χ3n) is 6.43. The number of benzene rings is 3. The first-order valence-electron chi connectivity index (χ1n) is 13.7. The number of esters is 1. The van der Waals surface area contributed by atoms with Crippen LogP contribution in [0.25, 0.3) is 0 Å². The van der Waals surface area contributed by atoms with Crippen molar-refractivity contribution in [3.8, 4) is 17.2 Å². The number of ether oxygens (including phenoxy) is 4. The zero-order valence-electron chi connectivity index (χ0n) is 24.5. The fraction of sp³-hybridized carbons (Fsp3) is 0.258. The molecule has 0 unspecified atom stereocenters. The van der Waals surface area contributed by atoms with Crippen molar-refractivity contribution in [1.29, 1.82) is 0 Å². The third kappa shape index (κ3) is 9.58. The molecule has 2 atom stereocenters. The van der Waals surface area contributed by atoms with Crippen LogP contribution in [0.1, 0.15) is 36.6 Å². The van der Waals surface area contributed by atoms with Crippen molar-refractivity contribution in [3.63, 3.8) is 0 Å². The molecule has 0 spiro atoms. The van der Waals surface area contributed by atoms with E-state index in [-0.39, 0.29) is 12.2 Å². The minimum Gasteiger partial charge on any atom is -0.490 e. The predicted octanol–water partition coefficient (Wildman–Crippen LogP) is 5.60. The van der Waals surface area contributed by atoms with Crippen molar-refractivity contribution in [2.75, 3.05) is 20.3 Å². The standard InChI is InChI=1S/C31H31I3N4O7/c1-4-43-25-13-20(28-27(30(40)42-3)17(2)36-31(41)37-28)7-10-24(25)44-16-26(39)38-35-14-19-11-22(33)29(23(34)12-19)45-15-18-5-8-21(32)9-6-18/h5-14,26,28,38-39H,4,15-16H2,1-3H3,(H2,36,37,41)/b35-14-/t26-,28+/m1/s1. The molecule has 0 fully saturated rings. The molecule has 4 N–H and O–H groups in total. The first-order chi connectivity index (χ1) is 21.6.